The van der Waals surface area contributed by atoms with Crippen molar-refractivity contribution in [3.63, 3.8) is 0 Å². The molecule has 1 saturated heterocycles. The van der Waals surface area contributed by atoms with Crippen molar-refractivity contribution in [1.82, 2.24) is 0 Å². The van der Waals surface area contributed by atoms with E-state index in [4.69, 9.17) is 4.74 Å². The van der Waals surface area contributed by atoms with Crippen molar-refractivity contribution in [2.75, 3.05) is 6.61 Å². The minimum absolute atomic E-state index is 0.530. The van der Waals surface area contributed by atoms with Gasteiger partial charge >= 0.3 is 0 Å². The van der Waals surface area contributed by atoms with E-state index >= 15 is 0 Å². The smallest absolute Gasteiger partial charge is 0.0550 e. The van der Waals surface area contributed by atoms with Crippen molar-refractivity contribution in [1.29, 1.82) is 0 Å². The van der Waals surface area contributed by atoms with E-state index in [-0.39, 0.29) is 0 Å². The summed E-state index contributed by atoms with van der Waals surface area (Å²) in [6.07, 6.45) is 4.71. The summed E-state index contributed by atoms with van der Waals surface area (Å²) in [6, 6.07) is 0. The molecule has 0 N–H and O–H groups in total. The fraction of sp³-hybridized carbons (Fsp3) is 1.00. The van der Waals surface area contributed by atoms with Crippen LogP contribution in [-0.2, 0) is 4.74 Å². The topological polar surface area (TPSA) is 9.23 Å². The summed E-state index contributed by atoms with van der Waals surface area (Å²) in [6.45, 7) is 5.61. The molecule has 1 aliphatic carbocycles. The van der Waals surface area contributed by atoms with Gasteiger partial charge in [-0.3, -0.25) is 0 Å². The fourth-order valence-electron chi connectivity index (χ4n) is 1.91. The zero-order valence-corrected chi connectivity index (χ0v) is 6.89. The maximum absolute atomic E-state index is 5.53. The van der Waals surface area contributed by atoms with E-state index in [0.29, 0.717) is 11.5 Å². The van der Waals surface area contributed by atoms with Crippen molar-refractivity contribution in [3.05, 3.63) is 0 Å². The van der Waals surface area contributed by atoms with Crippen LogP contribution in [0.5, 0.6) is 0 Å². The van der Waals surface area contributed by atoms with Gasteiger partial charge in [0.25, 0.3) is 0 Å². The molecule has 0 radical (unpaired) electrons. The molecule has 2 aliphatic rings. The van der Waals surface area contributed by atoms with Crippen molar-refractivity contribution in [3.8, 4) is 0 Å². The lowest BCUT2D eigenvalue weighted by Crippen LogP contribution is -2.11. The van der Waals surface area contributed by atoms with Crippen molar-refractivity contribution < 1.29 is 4.74 Å². The SMILES string of the molecule is CC1CC(C2(C)CC2)CO1. The monoisotopic (exact) mass is 140 g/mol. The molecule has 1 heteroatoms. The molecule has 10 heavy (non-hydrogen) atoms. The van der Waals surface area contributed by atoms with Crippen LogP contribution in [-0.4, -0.2) is 12.7 Å². The van der Waals surface area contributed by atoms with Gasteiger partial charge in [0.05, 0.1) is 12.7 Å². The van der Waals surface area contributed by atoms with Gasteiger partial charge < -0.3 is 4.74 Å². The maximum atomic E-state index is 5.53. The summed E-state index contributed by atoms with van der Waals surface area (Å²) in [5.74, 6) is 0.877. The largest absolute Gasteiger partial charge is 0.378 e. The van der Waals surface area contributed by atoms with Crippen molar-refractivity contribution >= 4 is 0 Å². The second kappa shape index (κ2) is 1.97. The normalized spacial score (nSPS) is 43.8. The Morgan fingerprint density at radius 2 is 2.10 bits per heavy atom. The summed E-state index contributed by atoms with van der Waals surface area (Å²) in [7, 11) is 0. The zero-order valence-electron chi connectivity index (χ0n) is 6.89. The molecule has 1 heterocycles. The number of hydrogen-bond donors (Lipinski definition) is 0. The Bertz CT molecular complexity index is 138. The van der Waals surface area contributed by atoms with Crippen LogP contribution in [0, 0.1) is 11.3 Å². The molecule has 2 atom stereocenters. The number of ether oxygens (including phenoxy) is 1. The van der Waals surface area contributed by atoms with E-state index in [9.17, 15) is 0 Å². The highest BCUT2D eigenvalue weighted by atomic mass is 16.5. The molecular formula is C9H16O. The summed E-state index contributed by atoms with van der Waals surface area (Å²) in [5, 5.41) is 0. The van der Waals surface area contributed by atoms with E-state index in [0.717, 1.165) is 12.5 Å². The second-order valence-electron chi connectivity index (χ2n) is 4.23. The summed E-state index contributed by atoms with van der Waals surface area (Å²) in [5.41, 5.74) is 0.685. The van der Waals surface area contributed by atoms with Crippen LogP contribution in [0.4, 0.5) is 0 Å². The first-order valence-corrected chi connectivity index (χ1v) is 4.32. The lowest BCUT2D eigenvalue weighted by atomic mass is 9.89. The Balaban J connectivity index is 1.95. The lowest BCUT2D eigenvalue weighted by Gasteiger charge is -2.14. The average molecular weight is 140 g/mol. The Labute approximate surface area is 62.8 Å². The molecule has 0 aromatic heterocycles. The van der Waals surface area contributed by atoms with Gasteiger partial charge in [-0.2, -0.15) is 0 Å². The van der Waals surface area contributed by atoms with E-state index in [1.807, 2.05) is 0 Å². The Kier molecular flexibility index (Phi) is 1.31. The van der Waals surface area contributed by atoms with Gasteiger partial charge in [0, 0.05) is 0 Å². The van der Waals surface area contributed by atoms with Gasteiger partial charge in [-0.05, 0) is 37.5 Å². The van der Waals surface area contributed by atoms with E-state index in [1.54, 1.807) is 0 Å². The van der Waals surface area contributed by atoms with E-state index < -0.39 is 0 Å². The van der Waals surface area contributed by atoms with Crippen LogP contribution in [0.15, 0.2) is 0 Å². The molecule has 0 aromatic rings. The summed E-state index contributed by atoms with van der Waals surface area (Å²) in [4.78, 5) is 0. The van der Waals surface area contributed by atoms with Gasteiger partial charge in [-0.25, -0.2) is 0 Å². The first kappa shape index (κ1) is 6.66. The number of hydrogen-bond acceptors (Lipinski definition) is 1. The molecule has 1 saturated carbocycles. The van der Waals surface area contributed by atoms with Gasteiger partial charge in [-0.1, -0.05) is 6.92 Å². The van der Waals surface area contributed by atoms with Crippen LogP contribution < -0.4 is 0 Å². The van der Waals surface area contributed by atoms with Crippen LogP contribution in [0.1, 0.15) is 33.1 Å². The molecule has 0 spiro atoms. The molecular weight excluding hydrogens is 124 g/mol. The molecule has 2 rings (SSSR count). The van der Waals surface area contributed by atoms with Gasteiger partial charge in [0.15, 0.2) is 0 Å². The van der Waals surface area contributed by atoms with Crippen LogP contribution >= 0.6 is 0 Å². The standard InChI is InChI=1S/C9H16O/c1-7-5-8(6-10-7)9(2)3-4-9/h7-8H,3-6H2,1-2H3. The highest BCUT2D eigenvalue weighted by Crippen LogP contribution is 2.54. The minimum Gasteiger partial charge on any atom is -0.378 e. The lowest BCUT2D eigenvalue weighted by molar-refractivity contribution is 0.114. The van der Waals surface area contributed by atoms with Crippen LogP contribution in [0.25, 0.3) is 0 Å². The van der Waals surface area contributed by atoms with Crippen molar-refractivity contribution in [2.24, 2.45) is 11.3 Å². The molecule has 58 valence electrons. The third-order valence-corrected chi connectivity index (χ3v) is 3.22. The summed E-state index contributed by atoms with van der Waals surface area (Å²) >= 11 is 0. The van der Waals surface area contributed by atoms with E-state index in [1.165, 1.54) is 19.3 Å². The van der Waals surface area contributed by atoms with Crippen LogP contribution in [0.2, 0.25) is 0 Å². The first-order valence-electron chi connectivity index (χ1n) is 4.32. The Hall–Kier alpha value is -0.0400. The van der Waals surface area contributed by atoms with Gasteiger partial charge in [-0.15, -0.1) is 0 Å². The molecule has 1 nitrogen and oxygen atoms in total. The highest BCUT2D eigenvalue weighted by Gasteiger charge is 2.47. The first-order chi connectivity index (χ1) is 4.71. The van der Waals surface area contributed by atoms with Gasteiger partial charge in [0.2, 0.25) is 0 Å². The third kappa shape index (κ3) is 0.968. The van der Waals surface area contributed by atoms with Gasteiger partial charge in [0.1, 0.15) is 0 Å². The maximum Gasteiger partial charge on any atom is 0.0550 e. The predicted molar refractivity (Wildman–Crippen MR) is 40.9 cm³/mol. The molecule has 0 amide bonds. The quantitative estimate of drug-likeness (QED) is 0.542. The average Bonchev–Trinajstić information content (AvgIpc) is 2.45. The highest BCUT2D eigenvalue weighted by molar-refractivity contribution is 4.96. The summed E-state index contributed by atoms with van der Waals surface area (Å²) < 4.78 is 5.53. The van der Waals surface area contributed by atoms with E-state index in [2.05, 4.69) is 13.8 Å². The Morgan fingerprint density at radius 1 is 1.40 bits per heavy atom. The molecule has 0 aromatic carbocycles. The third-order valence-electron chi connectivity index (χ3n) is 3.22. The minimum atomic E-state index is 0.530. The van der Waals surface area contributed by atoms with Crippen LogP contribution in [0.3, 0.4) is 0 Å². The van der Waals surface area contributed by atoms with Crippen molar-refractivity contribution in [2.45, 2.75) is 39.2 Å². The Morgan fingerprint density at radius 3 is 2.50 bits per heavy atom. The predicted octanol–water partition coefficient (Wildman–Crippen LogP) is 2.21. The molecule has 2 fully saturated rings. The fourth-order valence-corrected chi connectivity index (χ4v) is 1.91. The second-order valence-corrected chi connectivity index (χ2v) is 4.23. The molecule has 0 bridgehead atoms. The molecule has 2 unspecified atom stereocenters. The molecule has 1 aliphatic heterocycles. The zero-order chi connectivity index (χ0) is 7.19. The number of rotatable bonds is 1.